The topological polar surface area (TPSA) is 79.9 Å². The summed E-state index contributed by atoms with van der Waals surface area (Å²) in [6.45, 7) is 2.39. The Hall–Kier alpha value is -3.59. The van der Waals surface area contributed by atoms with Crippen LogP contribution in [0.4, 0.5) is 5.69 Å². The van der Waals surface area contributed by atoms with Crippen molar-refractivity contribution in [3.8, 4) is 11.8 Å². The molecule has 0 spiro atoms. The number of imidazole rings is 1. The Morgan fingerprint density at radius 3 is 2.81 bits per heavy atom. The lowest BCUT2D eigenvalue weighted by atomic mass is 10.2. The van der Waals surface area contributed by atoms with E-state index in [2.05, 4.69) is 10.3 Å². The Balaban J connectivity index is 1.57. The predicted octanol–water partition coefficient (Wildman–Crippen LogP) is 3.21. The first-order valence-electron chi connectivity index (χ1n) is 8.16. The van der Waals surface area contributed by atoms with Crippen LogP contribution in [0, 0.1) is 11.3 Å². The molecule has 0 radical (unpaired) electrons. The van der Waals surface area contributed by atoms with Gasteiger partial charge in [-0.2, -0.15) is 5.26 Å². The molecule has 1 heterocycles. The number of carbonyl (C=O) groups is 1. The fraction of sp³-hybridized carbons (Fsp3) is 0.150. The van der Waals surface area contributed by atoms with Gasteiger partial charge in [0.1, 0.15) is 5.75 Å². The summed E-state index contributed by atoms with van der Waals surface area (Å²) >= 11 is 0. The zero-order valence-electron chi connectivity index (χ0n) is 14.3. The summed E-state index contributed by atoms with van der Waals surface area (Å²) in [6, 6.07) is 16.4. The van der Waals surface area contributed by atoms with Crippen LogP contribution < -0.4 is 10.1 Å². The second-order valence-electron chi connectivity index (χ2n) is 5.82. The number of amides is 1. The van der Waals surface area contributed by atoms with Gasteiger partial charge in [-0.05, 0) is 42.8 Å². The lowest BCUT2D eigenvalue weighted by molar-refractivity contribution is -0.122. The van der Waals surface area contributed by atoms with Crippen molar-refractivity contribution in [2.45, 2.75) is 19.6 Å². The average Bonchev–Trinajstić information content (AvgIpc) is 3.16. The van der Waals surface area contributed by atoms with Crippen LogP contribution in [0.5, 0.6) is 5.75 Å². The third-order valence-electron chi connectivity index (χ3n) is 3.79. The van der Waals surface area contributed by atoms with E-state index in [1.807, 2.05) is 41.1 Å². The van der Waals surface area contributed by atoms with Crippen molar-refractivity contribution in [3.63, 3.8) is 0 Å². The largest absolute Gasteiger partial charge is 0.481 e. The van der Waals surface area contributed by atoms with Gasteiger partial charge in [-0.25, -0.2) is 4.98 Å². The van der Waals surface area contributed by atoms with Gasteiger partial charge in [0.25, 0.3) is 5.91 Å². The van der Waals surface area contributed by atoms with E-state index in [-0.39, 0.29) is 5.91 Å². The number of rotatable bonds is 6. The summed E-state index contributed by atoms with van der Waals surface area (Å²) in [5, 5.41) is 11.7. The Kier molecular flexibility index (Phi) is 5.30. The summed E-state index contributed by atoms with van der Waals surface area (Å²) < 4.78 is 7.58. The van der Waals surface area contributed by atoms with Crippen molar-refractivity contribution >= 4 is 11.6 Å². The molecular formula is C20H18N4O2. The number of nitrogens with one attached hydrogen (secondary N) is 1. The number of nitrogens with zero attached hydrogens (tertiary/aromatic N) is 3. The molecule has 1 aromatic heterocycles. The molecule has 6 heteroatoms. The normalized spacial score (nSPS) is 11.4. The van der Waals surface area contributed by atoms with Crippen LogP contribution in [0.3, 0.4) is 0 Å². The van der Waals surface area contributed by atoms with Crippen LogP contribution in [0.15, 0.2) is 67.3 Å². The monoisotopic (exact) mass is 346 g/mol. The molecule has 26 heavy (non-hydrogen) atoms. The van der Waals surface area contributed by atoms with Crippen LogP contribution in [-0.2, 0) is 11.3 Å². The van der Waals surface area contributed by atoms with Crippen molar-refractivity contribution in [1.29, 1.82) is 5.26 Å². The molecule has 0 fully saturated rings. The van der Waals surface area contributed by atoms with Gasteiger partial charge in [0.2, 0.25) is 0 Å². The zero-order chi connectivity index (χ0) is 18.4. The quantitative estimate of drug-likeness (QED) is 0.743. The molecule has 0 saturated heterocycles. The van der Waals surface area contributed by atoms with E-state index >= 15 is 0 Å². The molecule has 6 nitrogen and oxygen atoms in total. The van der Waals surface area contributed by atoms with Crippen LogP contribution in [0.25, 0.3) is 0 Å². The fourth-order valence-corrected chi connectivity index (χ4v) is 2.43. The van der Waals surface area contributed by atoms with Gasteiger partial charge in [0.15, 0.2) is 6.10 Å². The second kappa shape index (κ2) is 7.99. The van der Waals surface area contributed by atoms with Gasteiger partial charge in [-0.3, -0.25) is 4.79 Å². The number of hydrogen-bond donors (Lipinski definition) is 1. The minimum Gasteiger partial charge on any atom is -0.481 e. The number of nitriles is 1. The van der Waals surface area contributed by atoms with Gasteiger partial charge in [0, 0.05) is 24.6 Å². The maximum Gasteiger partial charge on any atom is 0.265 e. The summed E-state index contributed by atoms with van der Waals surface area (Å²) in [4.78, 5) is 16.3. The maximum atomic E-state index is 12.3. The summed E-state index contributed by atoms with van der Waals surface area (Å²) in [6.07, 6.45) is 4.71. The van der Waals surface area contributed by atoms with Crippen molar-refractivity contribution < 1.29 is 9.53 Å². The van der Waals surface area contributed by atoms with E-state index in [0.29, 0.717) is 17.0 Å². The molecule has 0 saturated carbocycles. The number of carbonyl (C=O) groups excluding carboxylic acids is 1. The lowest BCUT2D eigenvalue weighted by Gasteiger charge is -2.15. The van der Waals surface area contributed by atoms with E-state index in [0.717, 1.165) is 12.1 Å². The molecule has 1 atom stereocenters. The van der Waals surface area contributed by atoms with E-state index in [1.54, 1.807) is 43.7 Å². The molecule has 0 unspecified atom stereocenters. The number of benzene rings is 2. The smallest absolute Gasteiger partial charge is 0.265 e. The third kappa shape index (κ3) is 4.48. The van der Waals surface area contributed by atoms with Gasteiger partial charge in [0.05, 0.1) is 18.0 Å². The van der Waals surface area contributed by atoms with Gasteiger partial charge >= 0.3 is 0 Å². The third-order valence-corrected chi connectivity index (χ3v) is 3.79. The maximum absolute atomic E-state index is 12.3. The molecule has 0 aliphatic carbocycles. The molecule has 0 aliphatic heterocycles. The Morgan fingerprint density at radius 1 is 1.31 bits per heavy atom. The van der Waals surface area contributed by atoms with Crippen molar-refractivity contribution in [3.05, 3.63) is 78.4 Å². The molecule has 3 aromatic rings. The SMILES string of the molecule is C[C@H](Oc1cccc(C#N)c1)C(=O)Nc1ccc(Cn2ccnc2)cc1. The molecule has 1 N–H and O–H groups in total. The lowest BCUT2D eigenvalue weighted by Crippen LogP contribution is -2.30. The highest BCUT2D eigenvalue weighted by Gasteiger charge is 2.15. The number of hydrogen-bond acceptors (Lipinski definition) is 4. The second-order valence-corrected chi connectivity index (χ2v) is 5.82. The molecule has 0 bridgehead atoms. The van der Waals surface area contributed by atoms with E-state index in [1.165, 1.54) is 0 Å². The molecular weight excluding hydrogens is 328 g/mol. The number of anilines is 1. The average molecular weight is 346 g/mol. The van der Waals surface area contributed by atoms with Gasteiger partial charge < -0.3 is 14.6 Å². The van der Waals surface area contributed by atoms with Crippen LogP contribution in [-0.4, -0.2) is 21.6 Å². The van der Waals surface area contributed by atoms with Crippen molar-refractivity contribution in [1.82, 2.24) is 9.55 Å². The van der Waals surface area contributed by atoms with E-state index in [9.17, 15) is 4.79 Å². The molecule has 130 valence electrons. The first-order chi connectivity index (χ1) is 12.6. The van der Waals surface area contributed by atoms with E-state index in [4.69, 9.17) is 10.00 Å². The van der Waals surface area contributed by atoms with Crippen LogP contribution in [0.2, 0.25) is 0 Å². The first-order valence-corrected chi connectivity index (χ1v) is 8.16. The number of aromatic nitrogens is 2. The predicted molar refractivity (Wildman–Crippen MR) is 97.6 cm³/mol. The Morgan fingerprint density at radius 2 is 2.12 bits per heavy atom. The standard InChI is InChI=1S/C20H18N4O2/c1-15(26-19-4-2-3-17(11-19)12-21)20(25)23-18-7-5-16(6-8-18)13-24-10-9-22-14-24/h2-11,14-15H,13H2,1H3,(H,23,25)/t15-/m0/s1. The van der Waals surface area contributed by atoms with Crippen molar-refractivity contribution in [2.24, 2.45) is 0 Å². The van der Waals surface area contributed by atoms with Gasteiger partial charge in [-0.1, -0.05) is 18.2 Å². The molecule has 0 aliphatic rings. The highest BCUT2D eigenvalue weighted by atomic mass is 16.5. The summed E-state index contributed by atoms with van der Waals surface area (Å²) in [5.41, 5.74) is 2.30. The van der Waals surface area contributed by atoms with Crippen LogP contribution in [0.1, 0.15) is 18.1 Å². The summed E-state index contributed by atoms with van der Waals surface area (Å²) in [5.74, 6) is 0.233. The summed E-state index contributed by atoms with van der Waals surface area (Å²) in [7, 11) is 0. The Labute approximate surface area is 151 Å². The minimum atomic E-state index is -0.686. The van der Waals surface area contributed by atoms with Gasteiger partial charge in [-0.15, -0.1) is 0 Å². The fourth-order valence-electron chi connectivity index (χ4n) is 2.43. The first kappa shape index (κ1) is 17.2. The van der Waals surface area contributed by atoms with Crippen molar-refractivity contribution in [2.75, 3.05) is 5.32 Å². The van der Waals surface area contributed by atoms with E-state index < -0.39 is 6.10 Å². The number of ether oxygens (including phenoxy) is 1. The van der Waals surface area contributed by atoms with Crippen LogP contribution >= 0.6 is 0 Å². The molecule has 2 aromatic carbocycles. The highest BCUT2D eigenvalue weighted by molar-refractivity contribution is 5.94. The molecule has 3 rings (SSSR count). The molecule has 1 amide bonds. The minimum absolute atomic E-state index is 0.255. The highest BCUT2D eigenvalue weighted by Crippen LogP contribution is 2.16. The zero-order valence-corrected chi connectivity index (χ0v) is 14.3. The Bertz CT molecular complexity index is 912.